The minimum atomic E-state index is -0.645. The van der Waals surface area contributed by atoms with Crippen molar-refractivity contribution in [1.29, 1.82) is 0 Å². The molecule has 0 atom stereocenters. The lowest BCUT2D eigenvalue weighted by atomic mass is 10.1. The highest BCUT2D eigenvalue weighted by molar-refractivity contribution is 6.04. The van der Waals surface area contributed by atoms with Crippen LogP contribution < -0.4 is 5.73 Å². The Labute approximate surface area is 107 Å². The number of aromatic nitrogens is 3. The van der Waals surface area contributed by atoms with Gasteiger partial charge in [-0.25, -0.2) is 13.9 Å². The molecule has 5 nitrogen and oxygen atoms in total. The van der Waals surface area contributed by atoms with Crippen LogP contribution in [0.3, 0.4) is 0 Å². The van der Waals surface area contributed by atoms with Crippen LogP contribution in [0.1, 0.15) is 10.4 Å². The maximum absolute atomic E-state index is 13.3. The first-order valence-electron chi connectivity index (χ1n) is 5.56. The highest BCUT2D eigenvalue weighted by Crippen LogP contribution is 2.25. The highest BCUT2D eigenvalue weighted by atomic mass is 19.1. The Bertz CT molecular complexity index is 781. The maximum atomic E-state index is 13.3. The Hall–Kier alpha value is -2.76. The zero-order chi connectivity index (χ0) is 13.4. The quantitative estimate of drug-likeness (QED) is 0.757. The highest BCUT2D eigenvalue weighted by Gasteiger charge is 2.19. The van der Waals surface area contributed by atoms with Gasteiger partial charge in [-0.1, -0.05) is 12.1 Å². The van der Waals surface area contributed by atoms with Crippen molar-refractivity contribution in [3.8, 4) is 11.3 Å². The van der Waals surface area contributed by atoms with Crippen molar-refractivity contribution in [2.45, 2.75) is 0 Å². The van der Waals surface area contributed by atoms with Gasteiger partial charge in [-0.3, -0.25) is 4.79 Å². The van der Waals surface area contributed by atoms with Crippen LogP contribution in [0.4, 0.5) is 4.39 Å². The number of nitrogens with two attached hydrogens (primary N) is 1. The Morgan fingerprint density at radius 3 is 2.89 bits per heavy atom. The Morgan fingerprint density at radius 2 is 2.16 bits per heavy atom. The molecule has 0 unspecified atom stereocenters. The van der Waals surface area contributed by atoms with Crippen LogP contribution in [-0.4, -0.2) is 20.5 Å². The van der Waals surface area contributed by atoms with Crippen molar-refractivity contribution in [3.63, 3.8) is 0 Å². The summed E-state index contributed by atoms with van der Waals surface area (Å²) in [4.78, 5) is 15.7. The fourth-order valence-electron chi connectivity index (χ4n) is 1.95. The minimum absolute atomic E-state index is 0.186. The number of hydrogen-bond acceptors (Lipinski definition) is 3. The molecule has 3 rings (SSSR count). The molecule has 1 amide bonds. The third-order valence-corrected chi connectivity index (χ3v) is 2.74. The molecule has 2 heterocycles. The molecule has 0 fully saturated rings. The number of halogens is 1. The van der Waals surface area contributed by atoms with Crippen LogP contribution in [0.2, 0.25) is 0 Å². The summed E-state index contributed by atoms with van der Waals surface area (Å²) in [5.41, 5.74) is 6.73. The summed E-state index contributed by atoms with van der Waals surface area (Å²) in [7, 11) is 0. The first kappa shape index (κ1) is 11.3. The molecule has 19 heavy (non-hydrogen) atoms. The molecule has 0 aliphatic carbocycles. The molecule has 1 aromatic carbocycles. The van der Waals surface area contributed by atoms with Gasteiger partial charge in [0.1, 0.15) is 17.1 Å². The summed E-state index contributed by atoms with van der Waals surface area (Å²) in [6.45, 7) is 0. The second kappa shape index (κ2) is 4.16. The van der Waals surface area contributed by atoms with Crippen molar-refractivity contribution >= 4 is 11.6 Å². The summed E-state index contributed by atoms with van der Waals surface area (Å²) in [6, 6.07) is 7.51. The van der Waals surface area contributed by atoms with E-state index in [1.807, 2.05) is 0 Å². The summed E-state index contributed by atoms with van der Waals surface area (Å²) in [5, 5.41) is 4.23. The van der Waals surface area contributed by atoms with Crippen LogP contribution in [0.25, 0.3) is 16.9 Å². The minimum Gasteiger partial charge on any atom is -0.365 e. The van der Waals surface area contributed by atoms with Gasteiger partial charge in [0.25, 0.3) is 5.91 Å². The van der Waals surface area contributed by atoms with E-state index in [1.165, 1.54) is 16.6 Å². The first-order valence-corrected chi connectivity index (χ1v) is 5.56. The number of amides is 1. The number of primary amides is 1. The molecule has 0 saturated heterocycles. The number of carbonyl (C=O) groups is 1. The second-order valence-corrected chi connectivity index (χ2v) is 3.99. The molecule has 0 spiro atoms. The molecule has 0 aliphatic rings. The van der Waals surface area contributed by atoms with E-state index < -0.39 is 11.7 Å². The lowest BCUT2D eigenvalue weighted by molar-refractivity contribution is 0.100. The van der Waals surface area contributed by atoms with E-state index >= 15 is 0 Å². The zero-order valence-electron chi connectivity index (χ0n) is 9.75. The topological polar surface area (TPSA) is 73.3 Å². The van der Waals surface area contributed by atoms with Gasteiger partial charge < -0.3 is 5.73 Å². The lowest BCUT2D eigenvalue weighted by Crippen LogP contribution is -2.12. The fraction of sp³-hybridized carbons (Fsp3) is 0. The van der Waals surface area contributed by atoms with E-state index in [2.05, 4.69) is 10.1 Å². The number of hydrogen-bond donors (Lipinski definition) is 1. The monoisotopic (exact) mass is 256 g/mol. The van der Waals surface area contributed by atoms with Gasteiger partial charge in [-0.05, 0) is 18.2 Å². The molecule has 0 saturated carbocycles. The summed E-state index contributed by atoms with van der Waals surface area (Å²) in [6.07, 6.45) is 3.19. The van der Waals surface area contributed by atoms with Crippen LogP contribution >= 0.6 is 0 Å². The number of fused-ring (bicyclic) bond motifs is 1. The SMILES string of the molecule is NC(=O)c1c(-c2cccc(F)c2)nn2cccnc12. The van der Waals surface area contributed by atoms with E-state index in [9.17, 15) is 9.18 Å². The number of carbonyl (C=O) groups excluding carboxylic acids is 1. The van der Waals surface area contributed by atoms with Crippen LogP contribution in [0.15, 0.2) is 42.7 Å². The van der Waals surface area contributed by atoms with Gasteiger partial charge in [0, 0.05) is 18.0 Å². The third kappa shape index (κ3) is 1.83. The molecule has 2 N–H and O–H groups in total. The van der Waals surface area contributed by atoms with E-state index in [4.69, 9.17) is 5.73 Å². The molecular formula is C13H9FN4O. The van der Waals surface area contributed by atoms with Gasteiger partial charge in [-0.2, -0.15) is 5.10 Å². The van der Waals surface area contributed by atoms with E-state index in [-0.39, 0.29) is 5.56 Å². The number of rotatable bonds is 2. The van der Waals surface area contributed by atoms with Crippen molar-refractivity contribution in [1.82, 2.24) is 14.6 Å². The van der Waals surface area contributed by atoms with Gasteiger partial charge in [0.15, 0.2) is 5.65 Å². The Balaban J connectivity index is 2.34. The average Bonchev–Trinajstić information content (AvgIpc) is 2.78. The van der Waals surface area contributed by atoms with Crippen LogP contribution in [0.5, 0.6) is 0 Å². The van der Waals surface area contributed by atoms with Crippen molar-refractivity contribution in [2.24, 2.45) is 5.73 Å². The smallest absolute Gasteiger partial charge is 0.254 e. The van der Waals surface area contributed by atoms with E-state index in [0.717, 1.165) is 0 Å². The molecule has 0 bridgehead atoms. The second-order valence-electron chi connectivity index (χ2n) is 3.99. The third-order valence-electron chi connectivity index (χ3n) is 2.74. The fourth-order valence-corrected chi connectivity index (χ4v) is 1.95. The largest absolute Gasteiger partial charge is 0.365 e. The van der Waals surface area contributed by atoms with Gasteiger partial charge >= 0.3 is 0 Å². The molecule has 94 valence electrons. The maximum Gasteiger partial charge on any atom is 0.254 e. The van der Waals surface area contributed by atoms with Gasteiger partial charge in [-0.15, -0.1) is 0 Å². The van der Waals surface area contributed by atoms with Crippen LogP contribution in [0, 0.1) is 5.82 Å². The van der Waals surface area contributed by atoms with Gasteiger partial charge in [0.05, 0.1) is 0 Å². The molecular weight excluding hydrogens is 247 g/mol. The zero-order valence-corrected chi connectivity index (χ0v) is 9.75. The predicted molar refractivity (Wildman–Crippen MR) is 66.9 cm³/mol. The van der Waals surface area contributed by atoms with Crippen molar-refractivity contribution < 1.29 is 9.18 Å². The molecule has 0 radical (unpaired) electrons. The van der Waals surface area contributed by atoms with E-state index in [0.29, 0.717) is 16.9 Å². The lowest BCUT2D eigenvalue weighted by Gasteiger charge is -1.99. The summed E-state index contributed by atoms with van der Waals surface area (Å²) in [5.74, 6) is -1.05. The summed E-state index contributed by atoms with van der Waals surface area (Å²) >= 11 is 0. The van der Waals surface area contributed by atoms with Crippen LogP contribution in [-0.2, 0) is 0 Å². The van der Waals surface area contributed by atoms with Crippen molar-refractivity contribution in [3.05, 3.63) is 54.1 Å². The predicted octanol–water partition coefficient (Wildman–Crippen LogP) is 1.63. The van der Waals surface area contributed by atoms with Gasteiger partial charge in [0.2, 0.25) is 0 Å². The molecule has 0 aliphatic heterocycles. The number of benzene rings is 1. The molecule has 6 heteroatoms. The standard InChI is InChI=1S/C13H9FN4O/c14-9-4-1-3-8(7-9)11-10(12(15)19)13-16-5-2-6-18(13)17-11/h1-7H,(H2,15,19). The first-order chi connectivity index (χ1) is 9.16. The molecule has 2 aromatic heterocycles. The van der Waals surface area contributed by atoms with Crippen molar-refractivity contribution in [2.75, 3.05) is 0 Å². The Morgan fingerprint density at radius 1 is 1.32 bits per heavy atom. The van der Waals surface area contributed by atoms with E-state index in [1.54, 1.807) is 30.6 Å². The number of nitrogens with zero attached hydrogens (tertiary/aromatic N) is 3. The normalized spacial score (nSPS) is 10.8. The molecule has 3 aromatic rings. The summed E-state index contributed by atoms with van der Waals surface area (Å²) < 4.78 is 14.7. The average molecular weight is 256 g/mol. The Kier molecular flexibility index (Phi) is 2.49.